The molecule has 258 valence electrons. The van der Waals surface area contributed by atoms with Crippen LogP contribution in [0.15, 0.2) is 206 Å². The van der Waals surface area contributed by atoms with Crippen LogP contribution < -0.4 is 0 Å². The summed E-state index contributed by atoms with van der Waals surface area (Å²) < 4.78 is 80.4. The summed E-state index contributed by atoms with van der Waals surface area (Å²) in [6.07, 6.45) is 0. The van der Waals surface area contributed by atoms with Gasteiger partial charge in [-0.1, -0.05) is 176 Å². The standard InChI is InChI=1S/C51H34N4/c1-5-15-35(16-6-1)38-25-27-40(28-26-38)50-52-49(39-21-11-4-12-22-39)53-51(54-50)44-31-29-42(37-19-9-3-10-20-37)34-48(44)55-46-24-14-13-23-43(46)45-33-41(30-32-47(45)55)36-17-7-2-8-18-36/h1-34H/i2D,7D,8D,13D,14D,17D,18D,23D,24D. The Hall–Kier alpha value is -7.43. The zero-order valence-corrected chi connectivity index (χ0v) is 29.2. The van der Waals surface area contributed by atoms with Crippen molar-refractivity contribution in [1.82, 2.24) is 19.5 Å². The molecule has 2 heterocycles. The van der Waals surface area contributed by atoms with Crippen LogP contribution in [0.25, 0.3) is 95.0 Å². The van der Waals surface area contributed by atoms with Crippen LogP contribution in [-0.4, -0.2) is 19.5 Å². The summed E-state index contributed by atoms with van der Waals surface area (Å²) in [7, 11) is 0. The van der Waals surface area contributed by atoms with Crippen molar-refractivity contribution in [3.63, 3.8) is 0 Å². The molecule has 0 aliphatic heterocycles. The lowest BCUT2D eigenvalue weighted by atomic mass is 10.0. The Balaban J connectivity index is 1.28. The maximum atomic E-state index is 9.40. The first-order chi connectivity index (χ1) is 31.0. The van der Waals surface area contributed by atoms with Gasteiger partial charge in [0, 0.05) is 27.5 Å². The molecule has 10 aromatic rings. The number of rotatable bonds is 7. The van der Waals surface area contributed by atoms with Crippen molar-refractivity contribution < 1.29 is 12.3 Å². The smallest absolute Gasteiger partial charge is 0.166 e. The van der Waals surface area contributed by atoms with Crippen LogP contribution in [-0.2, 0) is 0 Å². The molecule has 0 N–H and O–H groups in total. The minimum Gasteiger partial charge on any atom is -0.308 e. The van der Waals surface area contributed by atoms with E-state index in [9.17, 15) is 2.74 Å². The molecule has 0 amide bonds. The number of nitrogens with zero attached hydrogens (tertiary/aromatic N) is 4. The van der Waals surface area contributed by atoms with Crippen molar-refractivity contribution >= 4 is 21.8 Å². The minimum atomic E-state index is -0.516. The third kappa shape index (κ3) is 6.06. The summed E-state index contributed by atoms with van der Waals surface area (Å²) >= 11 is 0. The maximum Gasteiger partial charge on any atom is 0.166 e. The van der Waals surface area contributed by atoms with Crippen LogP contribution in [0.3, 0.4) is 0 Å². The van der Waals surface area contributed by atoms with Gasteiger partial charge >= 0.3 is 0 Å². The van der Waals surface area contributed by atoms with Crippen LogP contribution in [0.1, 0.15) is 12.3 Å². The van der Waals surface area contributed by atoms with E-state index in [0.29, 0.717) is 45.2 Å². The van der Waals surface area contributed by atoms with Gasteiger partial charge in [-0.3, -0.25) is 0 Å². The Kier molecular flexibility index (Phi) is 6.04. The highest BCUT2D eigenvalue weighted by atomic mass is 15.1. The Morgan fingerprint density at radius 3 is 1.53 bits per heavy atom. The molecule has 0 unspecified atom stereocenters. The zero-order chi connectivity index (χ0) is 44.4. The van der Waals surface area contributed by atoms with Crippen molar-refractivity contribution in [2.75, 3.05) is 0 Å². The number of benzene rings is 8. The number of para-hydroxylation sites is 1. The molecule has 0 radical (unpaired) electrons. The van der Waals surface area contributed by atoms with Gasteiger partial charge in [-0.2, -0.15) is 0 Å². The third-order valence-corrected chi connectivity index (χ3v) is 9.69. The molecule has 0 saturated heterocycles. The van der Waals surface area contributed by atoms with Gasteiger partial charge in [0.2, 0.25) is 0 Å². The van der Waals surface area contributed by atoms with E-state index in [1.807, 2.05) is 121 Å². The van der Waals surface area contributed by atoms with Crippen LogP contribution in [0, 0.1) is 0 Å². The lowest BCUT2D eigenvalue weighted by molar-refractivity contribution is 1.06. The predicted octanol–water partition coefficient (Wildman–Crippen LogP) is 13.0. The molecule has 55 heavy (non-hydrogen) atoms. The maximum absolute atomic E-state index is 9.40. The molecule has 0 aliphatic carbocycles. The van der Waals surface area contributed by atoms with E-state index in [1.165, 1.54) is 0 Å². The summed E-state index contributed by atoms with van der Waals surface area (Å²) in [6, 6.07) is 44.6. The fourth-order valence-corrected chi connectivity index (χ4v) is 7.02. The summed E-state index contributed by atoms with van der Waals surface area (Å²) in [6.45, 7) is 0. The minimum absolute atomic E-state index is 0.0237. The SMILES string of the molecule is [2H]c1c([2H])c([2H])c(-c2ccc3c(c2)c2c([2H])c([2H])c([2H])c([2H])c2n3-c2cc(-c3ccccc3)ccc2-c2nc(-c3ccccc3)nc(-c3ccc(-c4ccccc4)cc3)n2)c([2H])c1[2H]. The van der Waals surface area contributed by atoms with Gasteiger partial charge in [0.05, 0.1) is 29.1 Å². The van der Waals surface area contributed by atoms with Gasteiger partial charge in [-0.05, 0) is 63.7 Å². The lowest BCUT2D eigenvalue weighted by Gasteiger charge is -2.16. The first-order valence-electron chi connectivity index (χ1n) is 22.3. The van der Waals surface area contributed by atoms with Crippen molar-refractivity contribution in [3.8, 4) is 73.2 Å². The van der Waals surface area contributed by atoms with Gasteiger partial charge in [-0.15, -0.1) is 0 Å². The monoisotopic (exact) mass is 711 g/mol. The largest absolute Gasteiger partial charge is 0.308 e. The van der Waals surface area contributed by atoms with Crippen molar-refractivity contribution in [1.29, 1.82) is 0 Å². The number of hydrogen-bond acceptors (Lipinski definition) is 3. The lowest BCUT2D eigenvalue weighted by Crippen LogP contribution is -2.04. The van der Waals surface area contributed by atoms with Crippen LogP contribution in [0.4, 0.5) is 0 Å². The molecular weight excluding hydrogens is 669 g/mol. The average molecular weight is 712 g/mol. The molecule has 0 bridgehead atoms. The van der Waals surface area contributed by atoms with Crippen molar-refractivity contribution in [2.45, 2.75) is 0 Å². The van der Waals surface area contributed by atoms with Crippen molar-refractivity contribution in [3.05, 3.63) is 206 Å². The molecule has 4 heteroatoms. The summed E-state index contributed by atoms with van der Waals surface area (Å²) in [4.78, 5) is 15.2. The zero-order valence-electron chi connectivity index (χ0n) is 38.2. The highest BCUT2D eigenvalue weighted by Gasteiger charge is 2.21. The summed E-state index contributed by atoms with van der Waals surface area (Å²) in [5.41, 5.74) is 7.34. The number of fused-ring (bicyclic) bond motifs is 3. The highest BCUT2D eigenvalue weighted by molar-refractivity contribution is 6.11. The third-order valence-electron chi connectivity index (χ3n) is 9.69. The molecule has 0 aliphatic rings. The van der Waals surface area contributed by atoms with Crippen LogP contribution in [0.2, 0.25) is 0 Å². The second-order valence-corrected chi connectivity index (χ2v) is 13.0. The van der Waals surface area contributed by atoms with Gasteiger partial charge in [0.15, 0.2) is 17.5 Å². The topological polar surface area (TPSA) is 43.6 Å². The predicted molar refractivity (Wildman–Crippen MR) is 227 cm³/mol. The van der Waals surface area contributed by atoms with E-state index < -0.39 is 30.2 Å². The van der Waals surface area contributed by atoms with E-state index in [0.717, 1.165) is 33.4 Å². The van der Waals surface area contributed by atoms with E-state index >= 15 is 0 Å². The van der Waals surface area contributed by atoms with Gasteiger partial charge in [-0.25, -0.2) is 15.0 Å². The van der Waals surface area contributed by atoms with Crippen molar-refractivity contribution in [2.24, 2.45) is 0 Å². The molecule has 0 saturated carbocycles. The molecule has 0 spiro atoms. The average Bonchev–Trinajstić information content (AvgIpc) is 3.69. The Morgan fingerprint density at radius 1 is 0.345 bits per heavy atom. The molecule has 8 aromatic carbocycles. The van der Waals surface area contributed by atoms with Gasteiger partial charge < -0.3 is 4.57 Å². The second-order valence-electron chi connectivity index (χ2n) is 13.0. The first kappa shape index (κ1) is 24.0. The number of hydrogen-bond donors (Lipinski definition) is 0. The van der Waals surface area contributed by atoms with E-state index in [4.69, 9.17) is 24.5 Å². The molecule has 4 nitrogen and oxygen atoms in total. The molecule has 2 aromatic heterocycles. The molecule has 0 atom stereocenters. The Morgan fingerprint density at radius 2 is 0.836 bits per heavy atom. The second kappa shape index (κ2) is 13.8. The van der Waals surface area contributed by atoms with E-state index in [2.05, 4.69) is 12.1 Å². The highest BCUT2D eigenvalue weighted by Crippen LogP contribution is 2.39. The van der Waals surface area contributed by atoms with E-state index in [-0.39, 0.29) is 40.6 Å². The summed E-state index contributed by atoms with van der Waals surface area (Å²) in [5, 5.41) is 0.591. The molecule has 0 fully saturated rings. The van der Waals surface area contributed by atoms with Gasteiger partial charge in [0.25, 0.3) is 0 Å². The quantitative estimate of drug-likeness (QED) is 0.165. The fourth-order valence-electron chi connectivity index (χ4n) is 7.02. The Labute approximate surface area is 332 Å². The van der Waals surface area contributed by atoms with Gasteiger partial charge in [0.1, 0.15) is 0 Å². The summed E-state index contributed by atoms with van der Waals surface area (Å²) in [5.74, 6) is 1.17. The number of aromatic nitrogens is 4. The van der Waals surface area contributed by atoms with Crippen LogP contribution >= 0.6 is 0 Å². The van der Waals surface area contributed by atoms with E-state index in [1.54, 1.807) is 22.8 Å². The Bertz CT molecular complexity index is 3440. The molecule has 10 rings (SSSR count). The normalized spacial score (nSPS) is 13.6. The first-order valence-corrected chi connectivity index (χ1v) is 17.8. The fraction of sp³-hybridized carbons (Fsp3) is 0. The van der Waals surface area contributed by atoms with Crippen LogP contribution in [0.5, 0.6) is 0 Å². The molecular formula is C51H34N4.